The molecule has 22 heavy (non-hydrogen) atoms. The lowest BCUT2D eigenvalue weighted by Gasteiger charge is -2.59. The van der Waals surface area contributed by atoms with Gasteiger partial charge in [0.15, 0.2) is 0 Å². The third-order valence-electron chi connectivity index (χ3n) is 5.77. The Labute approximate surface area is 133 Å². The molecule has 1 saturated carbocycles. The Morgan fingerprint density at radius 3 is 2.50 bits per heavy atom. The topological polar surface area (TPSA) is 70.6 Å². The summed E-state index contributed by atoms with van der Waals surface area (Å²) >= 11 is 0. The molecule has 0 heterocycles. The lowest BCUT2D eigenvalue weighted by atomic mass is 9.53. The summed E-state index contributed by atoms with van der Waals surface area (Å²) in [5, 5.41) is 15.3. The molecule has 0 aromatic heterocycles. The monoisotopic (exact) mass is 310 g/mol. The van der Waals surface area contributed by atoms with E-state index < -0.39 is 0 Å². The molecule has 0 aromatic carbocycles. The van der Waals surface area contributed by atoms with Crippen molar-refractivity contribution < 1.29 is 14.6 Å². The van der Waals surface area contributed by atoms with Gasteiger partial charge in [0.05, 0.1) is 6.10 Å². The van der Waals surface area contributed by atoms with Crippen LogP contribution < -0.4 is 10.6 Å². The molecule has 0 aromatic rings. The summed E-state index contributed by atoms with van der Waals surface area (Å²) in [6.07, 6.45) is 6.91. The van der Waals surface area contributed by atoms with Gasteiger partial charge in [-0.05, 0) is 19.3 Å². The molecule has 1 fully saturated rings. The quantitative estimate of drug-likeness (QED) is 0.658. The first-order valence-electron chi connectivity index (χ1n) is 8.41. The molecule has 2 rings (SSSR count). The first-order valence-corrected chi connectivity index (χ1v) is 8.41. The third kappa shape index (κ3) is 2.88. The van der Waals surface area contributed by atoms with Crippen molar-refractivity contribution >= 4 is 6.03 Å². The van der Waals surface area contributed by atoms with E-state index in [1.54, 1.807) is 7.11 Å². The maximum absolute atomic E-state index is 12.3. The summed E-state index contributed by atoms with van der Waals surface area (Å²) in [6, 6.07) is 0.0424. The van der Waals surface area contributed by atoms with Crippen molar-refractivity contribution in [3.8, 4) is 0 Å². The second-order valence-corrected chi connectivity index (χ2v) is 6.72. The highest BCUT2D eigenvalue weighted by Gasteiger charge is 2.58. The van der Waals surface area contributed by atoms with Crippen LogP contribution in [0.5, 0.6) is 0 Å². The van der Waals surface area contributed by atoms with E-state index in [4.69, 9.17) is 9.84 Å². The molecule has 126 valence electrons. The van der Waals surface area contributed by atoms with E-state index in [-0.39, 0.29) is 42.2 Å². The van der Waals surface area contributed by atoms with Gasteiger partial charge in [-0.2, -0.15) is 0 Å². The van der Waals surface area contributed by atoms with Gasteiger partial charge in [0, 0.05) is 43.1 Å². The van der Waals surface area contributed by atoms with E-state index in [1.807, 2.05) is 12.2 Å². The standard InChI is InChI=1S/C17H30N2O3/c1-5-17(6-2)14(11(3)15(17)22-4)19-16(21)18-13-8-7-12(9-13)10-20/h7-8,11-15,20H,5-6,9-10H2,1-4H3,(H2,18,19,21)/t11-,12+,13-,14-,15-/m1/s1. The second-order valence-electron chi connectivity index (χ2n) is 6.72. The fraction of sp³-hybridized carbons (Fsp3) is 0.824. The molecular weight excluding hydrogens is 280 g/mol. The molecule has 2 aliphatic rings. The maximum Gasteiger partial charge on any atom is 0.315 e. The van der Waals surface area contributed by atoms with Gasteiger partial charge in [0.2, 0.25) is 0 Å². The predicted molar refractivity (Wildman–Crippen MR) is 86.6 cm³/mol. The van der Waals surface area contributed by atoms with E-state index in [0.29, 0.717) is 5.92 Å². The van der Waals surface area contributed by atoms with Crippen molar-refractivity contribution in [3.63, 3.8) is 0 Å². The number of nitrogens with one attached hydrogen (secondary N) is 2. The van der Waals surface area contributed by atoms with E-state index in [9.17, 15) is 4.79 Å². The summed E-state index contributed by atoms with van der Waals surface area (Å²) in [7, 11) is 1.76. The number of amides is 2. The first kappa shape index (κ1) is 17.3. The van der Waals surface area contributed by atoms with Crippen LogP contribution in [0, 0.1) is 17.3 Å². The van der Waals surface area contributed by atoms with Crippen LogP contribution in [0.25, 0.3) is 0 Å². The molecule has 0 spiro atoms. The molecule has 5 nitrogen and oxygen atoms in total. The number of hydrogen-bond acceptors (Lipinski definition) is 3. The van der Waals surface area contributed by atoms with Crippen LogP contribution in [0.3, 0.4) is 0 Å². The molecule has 0 bridgehead atoms. The molecule has 0 radical (unpaired) electrons. The largest absolute Gasteiger partial charge is 0.396 e. The number of ether oxygens (including phenoxy) is 1. The third-order valence-corrected chi connectivity index (χ3v) is 5.77. The van der Waals surface area contributed by atoms with Gasteiger partial charge in [-0.25, -0.2) is 4.79 Å². The Balaban J connectivity index is 1.92. The molecule has 5 heteroatoms. The average molecular weight is 310 g/mol. The first-order chi connectivity index (χ1) is 10.5. The number of rotatable bonds is 6. The second kappa shape index (κ2) is 7.01. The van der Waals surface area contributed by atoms with Crippen LogP contribution in [-0.4, -0.2) is 43.0 Å². The van der Waals surface area contributed by atoms with Crippen LogP contribution in [0.1, 0.15) is 40.0 Å². The van der Waals surface area contributed by atoms with Crippen molar-refractivity contribution in [2.75, 3.05) is 13.7 Å². The zero-order valence-electron chi connectivity index (χ0n) is 14.1. The highest BCUT2D eigenvalue weighted by Crippen LogP contribution is 2.52. The molecule has 3 N–H and O–H groups in total. The fourth-order valence-corrected chi connectivity index (χ4v) is 4.47. The van der Waals surface area contributed by atoms with Crippen molar-refractivity contribution in [1.29, 1.82) is 0 Å². The zero-order valence-corrected chi connectivity index (χ0v) is 14.1. The minimum atomic E-state index is -0.120. The lowest BCUT2D eigenvalue weighted by molar-refractivity contribution is -0.164. The minimum absolute atomic E-state index is 0.0170. The number of aliphatic hydroxyl groups excluding tert-OH is 1. The maximum atomic E-state index is 12.3. The molecule has 0 unspecified atom stereocenters. The molecule has 0 saturated heterocycles. The average Bonchev–Trinajstić information content (AvgIpc) is 2.97. The van der Waals surface area contributed by atoms with Crippen LogP contribution >= 0.6 is 0 Å². The summed E-state index contributed by atoms with van der Waals surface area (Å²) in [6.45, 7) is 6.61. The fourth-order valence-electron chi connectivity index (χ4n) is 4.47. The van der Waals surface area contributed by atoms with E-state index in [1.165, 1.54) is 0 Å². The number of hydrogen-bond donors (Lipinski definition) is 3. The predicted octanol–water partition coefficient (Wildman–Crippen LogP) is 2.06. The minimum Gasteiger partial charge on any atom is -0.396 e. The lowest BCUT2D eigenvalue weighted by Crippen LogP contribution is -2.70. The SMILES string of the molecule is CCC1(CC)[C@H](NC(=O)N[C@@H]2C=C[C@H](CO)C2)[C@@H](C)[C@H]1OC. The van der Waals surface area contributed by atoms with Crippen molar-refractivity contribution in [2.24, 2.45) is 17.3 Å². The highest BCUT2D eigenvalue weighted by molar-refractivity contribution is 5.75. The Kier molecular flexibility index (Phi) is 5.50. The van der Waals surface area contributed by atoms with Crippen molar-refractivity contribution in [2.45, 2.75) is 58.2 Å². The van der Waals surface area contributed by atoms with Gasteiger partial charge in [0.1, 0.15) is 0 Å². The molecule has 2 aliphatic carbocycles. The van der Waals surface area contributed by atoms with Gasteiger partial charge in [0.25, 0.3) is 0 Å². The molecule has 5 atom stereocenters. The van der Waals surface area contributed by atoms with Crippen LogP contribution in [0.4, 0.5) is 4.79 Å². The smallest absolute Gasteiger partial charge is 0.315 e. The number of aliphatic hydroxyl groups is 1. The van der Waals surface area contributed by atoms with Crippen LogP contribution in [-0.2, 0) is 4.74 Å². The van der Waals surface area contributed by atoms with Crippen LogP contribution in [0.15, 0.2) is 12.2 Å². The Hall–Kier alpha value is -1.07. The molecular formula is C17H30N2O3. The van der Waals surface area contributed by atoms with E-state index in [2.05, 4.69) is 31.4 Å². The number of carbonyl (C=O) groups is 1. The van der Waals surface area contributed by atoms with Gasteiger partial charge in [-0.15, -0.1) is 0 Å². The van der Waals surface area contributed by atoms with Crippen LogP contribution in [0.2, 0.25) is 0 Å². The Morgan fingerprint density at radius 2 is 2.00 bits per heavy atom. The van der Waals surface area contributed by atoms with Crippen molar-refractivity contribution in [1.82, 2.24) is 10.6 Å². The molecule has 0 aliphatic heterocycles. The summed E-state index contributed by atoms with van der Waals surface area (Å²) in [5.74, 6) is 0.483. The van der Waals surface area contributed by atoms with Crippen molar-refractivity contribution in [3.05, 3.63) is 12.2 Å². The summed E-state index contributed by atoms with van der Waals surface area (Å²) in [4.78, 5) is 12.3. The highest BCUT2D eigenvalue weighted by atomic mass is 16.5. The van der Waals surface area contributed by atoms with Gasteiger partial charge >= 0.3 is 6.03 Å². The summed E-state index contributed by atoms with van der Waals surface area (Å²) < 4.78 is 5.66. The number of urea groups is 1. The molecule has 2 amide bonds. The summed E-state index contributed by atoms with van der Waals surface area (Å²) in [5.41, 5.74) is 0.0324. The van der Waals surface area contributed by atoms with Gasteiger partial charge in [-0.1, -0.05) is 32.9 Å². The van der Waals surface area contributed by atoms with E-state index in [0.717, 1.165) is 19.3 Å². The Morgan fingerprint density at radius 1 is 1.32 bits per heavy atom. The normalized spacial score (nSPS) is 36.0. The van der Waals surface area contributed by atoms with Gasteiger partial charge < -0.3 is 20.5 Å². The number of carbonyl (C=O) groups excluding carboxylic acids is 1. The number of methoxy groups -OCH3 is 1. The van der Waals surface area contributed by atoms with Gasteiger partial charge in [-0.3, -0.25) is 0 Å². The zero-order chi connectivity index (χ0) is 16.3. The Bertz CT molecular complexity index is 420. The van der Waals surface area contributed by atoms with E-state index >= 15 is 0 Å².